The van der Waals surface area contributed by atoms with E-state index in [4.69, 9.17) is 9.79 Å². The lowest BCUT2D eigenvalue weighted by Crippen LogP contribution is -2.57. The first kappa shape index (κ1) is 15.7. The monoisotopic (exact) mass is 276 g/mol. The molecule has 0 bridgehead atoms. The predicted molar refractivity (Wildman–Crippen MR) is 38.5 cm³/mol. The van der Waals surface area contributed by atoms with E-state index in [0.29, 0.717) is 0 Å². The van der Waals surface area contributed by atoms with E-state index >= 15 is 0 Å². The van der Waals surface area contributed by atoms with Crippen molar-refractivity contribution in [3.05, 3.63) is 0 Å². The molecule has 0 spiro atoms. The van der Waals surface area contributed by atoms with Crippen LogP contribution in [0.2, 0.25) is 0 Å². The summed E-state index contributed by atoms with van der Waals surface area (Å²) in [6.45, 7) is -3.30. The molecule has 0 amide bonds. The highest BCUT2D eigenvalue weighted by molar-refractivity contribution is 7.46. The van der Waals surface area contributed by atoms with Crippen LogP contribution in [-0.4, -0.2) is 34.2 Å². The lowest BCUT2D eigenvalue weighted by molar-refractivity contribution is -0.324. The summed E-state index contributed by atoms with van der Waals surface area (Å²) in [7, 11) is -5.90. The van der Waals surface area contributed by atoms with E-state index in [-0.39, 0.29) is 0 Å². The van der Waals surface area contributed by atoms with Crippen LogP contribution in [0.25, 0.3) is 0 Å². The van der Waals surface area contributed by atoms with E-state index in [9.17, 15) is 30.9 Å². The molecule has 0 aromatic heterocycles. The second-order valence-electron chi connectivity index (χ2n) is 2.91. The minimum absolute atomic E-state index is 0.444. The predicted octanol–water partition coefficient (Wildman–Crippen LogP) is 2.02. The molecule has 1 atom stereocenters. The molecule has 0 aromatic rings. The van der Waals surface area contributed by atoms with Crippen LogP contribution in [0.5, 0.6) is 0 Å². The van der Waals surface area contributed by atoms with Crippen LogP contribution in [0, 0.1) is 0 Å². The molecule has 1 unspecified atom stereocenters. The molecular weight excluding hydrogens is 269 g/mol. The molecule has 0 heterocycles. The van der Waals surface area contributed by atoms with Gasteiger partial charge >= 0.3 is 25.5 Å². The Labute approximate surface area is 85.4 Å². The molecule has 11 heteroatoms. The van der Waals surface area contributed by atoms with Crippen LogP contribution in [0.4, 0.5) is 26.3 Å². The maximum atomic E-state index is 13.0. The highest BCUT2D eigenvalue weighted by Gasteiger charge is 2.71. The zero-order chi connectivity index (χ0) is 13.4. The Hall–Kier alpha value is -0.310. The minimum atomic E-state index is -5.90. The zero-order valence-corrected chi connectivity index (χ0v) is 8.53. The summed E-state index contributed by atoms with van der Waals surface area (Å²) in [5, 5.41) is 0. The first-order valence-corrected chi connectivity index (χ1v) is 5.07. The van der Waals surface area contributed by atoms with Crippen molar-refractivity contribution < 1.29 is 45.2 Å². The second-order valence-corrected chi connectivity index (χ2v) is 4.07. The van der Waals surface area contributed by atoms with E-state index in [2.05, 4.69) is 4.52 Å². The highest BCUT2D eigenvalue weighted by Crippen LogP contribution is 2.52. The lowest BCUT2D eigenvalue weighted by Gasteiger charge is -2.33. The van der Waals surface area contributed by atoms with Crippen molar-refractivity contribution in [2.24, 2.45) is 0 Å². The lowest BCUT2D eigenvalue weighted by atomic mass is 10.1. The first-order chi connectivity index (χ1) is 6.77. The van der Waals surface area contributed by atoms with Crippen LogP contribution in [0.15, 0.2) is 0 Å². The topological polar surface area (TPSA) is 66.8 Å². The van der Waals surface area contributed by atoms with E-state index in [0.717, 1.165) is 0 Å². The molecule has 0 fully saturated rings. The molecular formula is C5H7F6O4P. The minimum Gasteiger partial charge on any atom is -0.303 e. The van der Waals surface area contributed by atoms with Crippen LogP contribution >= 0.6 is 7.82 Å². The average Bonchev–Trinajstić information content (AvgIpc) is 1.98. The van der Waals surface area contributed by atoms with Gasteiger partial charge in [0.1, 0.15) is 0 Å². The zero-order valence-electron chi connectivity index (χ0n) is 7.63. The van der Waals surface area contributed by atoms with Gasteiger partial charge in [0.15, 0.2) is 6.67 Å². The number of rotatable bonds is 5. The fourth-order valence-corrected chi connectivity index (χ4v) is 1.22. The van der Waals surface area contributed by atoms with Gasteiger partial charge in [0, 0.05) is 6.92 Å². The number of halogens is 6. The van der Waals surface area contributed by atoms with Crippen molar-refractivity contribution in [1.82, 2.24) is 0 Å². The Morgan fingerprint density at radius 3 is 1.75 bits per heavy atom. The summed E-state index contributed by atoms with van der Waals surface area (Å²) in [4.78, 5) is 16.0. The van der Waals surface area contributed by atoms with Gasteiger partial charge in [-0.05, 0) is 0 Å². The molecule has 98 valence electrons. The number of hydrogen-bond acceptors (Lipinski definition) is 2. The van der Waals surface area contributed by atoms with Crippen molar-refractivity contribution in [1.29, 1.82) is 0 Å². The summed E-state index contributed by atoms with van der Waals surface area (Å²) >= 11 is 0. The third-order valence-corrected chi connectivity index (χ3v) is 1.98. The maximum absolute atomic E-state index is 13.0. The molecule has 0 aliphatic rings. The first-order valence-electron chi connectivity index (χ1n) is 3.53. The third-order valence-electron chi connectivity index (χ3n) is 1.46. The molecule has 0 rings (SSSR count). The van der Waals surface area contributed by atoms with Gasteiger partial charge in [0.05, 0.1) is 0 Å². The number of alkyl halides is 6. The summed E-state index contributed by atoms with van der Waals surface area (Å²) in [5.74, 6) is -15.9. The maximum Gasteiger partial charge on any atom is 0.472 e. The van der Waals surface area contributed by atoms with E-state index < -0.39 is 39.1 Å². The van der Waals surface area contributed by atoms with Crippen molar-refractivity contribution in [2.75, 3.05) is 6.67 Å². The Morgan fingerprint density at radius 1 is 1.19 bits per heavy atom. The molecule has 0 radical (unpaired) electrons. The average molecular weight is 276 g/mol. The largest absolute Gasteiger partial charge is 0.472 e. The van der Waals surface area contributed by atoms with Gasteiger partial charge in [-0.15, -0.1) is 0 Å². The molecule has 0 saturated heterocycles. The fraction of sp³-hybridized carbons (Fsp3) is 1.00. The van der Waals surface area contributed by atoms with Crippen molar-refractivity contribution in [2.45, 2.75) is 24.6 Å². The molecule has 0 saturated carbocycles. The van der Waals surface area contributed by atoms with Crippen LogP contribution in [-0.2, 0) is 9.09 Å². The van der Waals surface area contributed by atoms with Crippen LogP contribution in [0.1, 0.15) is 6.92 Å². The Balaban J connectivity index is 5.34. The molecule has 0 aliphatic heterocycles. The van der Waals surface area contributed by atoms with Crippen molar-refractivity contribution >= 4 is 7.82 Å². The quantitative estimate of drug-likeness (QED) is 0.595. The van der Waals surface area contributed by atoms with Gasteiger partial charge in [-0.2, -0.15) is 17.6 Å². The van der Waals surface area contributed by atoms with Gasteiger partial charge in [0.2, 0.25) is 0 Å². The van der Waals surface area contributed by atoms with Crippen molar-refractivity contribution in [3.8, 4) is 0 Å². The Kier molecular flexibility index (Phi) is 4.09. The van der Waals surface area contributed by atoms with Gasteiger partial charge in [-0.3, -0.25) is 0 Å². The molecule has 0 aliphatic carbocycles. The number of hydrogen-bond donors (Lipinski definition) is 2. The number of phosphoric acid groups is 1. The van der Waals surface area contributed by atoms with E-state index in [1.54, 1.807) is 0 Å². The van der Waals surface area contributed by atoms with Crippen LogP contribution < -0.4 is 0 Å². The smallest absolute Gasteiger partial charge is 0.303 e. The molecule has 0 aromatic carbocycles. The third kappa shape index (κ3) is 3.09. The summed E-state index contributed by atoms with van der Waals surface area (Å²) in [5.41, 5.74) is 0. The normalized spacial score (nSPS) is 18.3. The van der Waals surface area contributed by atoms with Gasteiger partial charge in [0.25, 0.3) is 0 Å². The van der Waals surface area contributed by atoms with Crippen molar-refractivity contribution in [3.63, 3.8) is 0 Å². The highest BCUT2D eigenvalue weighted by atomic mass is 31.2. The number of phosphoric ester groups is 1. The summed E-state index contributed by atoms with van der Waals surface area (Å²) in [6.07, 6.45) is 0. The van der Waals surface area contributed by atoms with Crippen LogP contribution in [0.3, 0.4) is 0 Å². The van der Waals surface area contributed by atoms with Gasteiger partial charge in [-0.1, -0.05) is 0 Å². The van der Waals surface area contributed by atoms with Gasteiger partial charge in [-0.25, -0.2) is 17.9 Å². The van der Waals surface area contributed by atoms with E-state index in [1.165, 1.54) is 0 Å². The SMILES string of the molecule is CC(F)(F)C(F)(F)C(F)(CF)OP(=O)(O)O. The molecule has 4 nitrogen and oxygen atoms in total. The van der Waals surface area contributed by atoms with E-state index in [1.807, 2.05) is 0 Å². The second kappa shape index (κ2) is 4.17. The summed E-state index contributed by atoms with van der Waals surface area (Å²) in [6, 6.07) is 0. The Morgan fingerprint density at radius 2 is 1.56 bits per heavy atom. The molecule has 2 N–H and O–H groups in total. The summed E-state index contributed by atoms with van der Waals surface area (Å²) < 4.78 is 87.6. The standard InChI is InChI=1S/C5H7F6O4P/c1-3(7,8)5(10,11)4(9,2-6)15-16(12,13)14/h2H2,1H3,(H2,12,13,14). The molecule has 16 heavy (non-hydrogen) atoms. The fourth-order valence-electron chi connectivity index (χ4n) is 0.682. The Bertz CT molecular complexity index is 298. The van der Waals surface area contributed by atoms with Gasteiger partial charge < -0.3 is 9.79 Å².